The average molecular weight is 388 g/mol. The van der Waals surface area contributed by atoms with Gasteiger partial charge < -0.3 is 15.1 Å². The fraction of sp³-hybridized carbons (Fsp3) is 0.591. The normalized spacial score (nSPS) is 14.7. The monoisotopic (exact) mass is 387 g/mol. The first-order valence-corrected chi connectivity index (χ1v) is 10.2. The lowest BCUT2D eigenvalue weighted by Gasteiger charge is -2.39. The Labute approximate surface area is 168 Å². The summed E-state index contributed by atoms with van der Waals surface area (Å²) in [5.41, 5.74) is 0.444. The average Bonchev–Trinajstić information content (AvgIpc) is 2.70. The van der Waals surface area contributed by atoms with E-state index >= 15 is 0 Å². The number of hydrogen-bond acceptors (Lipinski definition) is 3. The minimum Gasteiger partial charge on any atom is -0.356 e. The van der Waals surface area contributed by atoms with Crippen molar-refractivity contribution in [3.63, 3.8) is 0 Å². The molecule has 2 rings (SSSR count). The molecule has 1 N–H and O–H groups in total. The van der Waals surface area contributed by atoms with Gasteiger partial charge in [0.2, 0.25) is 17.7 Å². The van der Waals surface area contributed by atoms with E-state index in [9.17, 15) is 14.4 Å². The number of amides is 3. The molecule has 0 aliphatic carbocycles. The number of benzene rings is 1. The van der Waals surface area contributed by atoms with Gasteiger partial charge in [-0.1, -0.05) is 36.8 Å². The molecule has 1 fully saturated rings. The number of nitrogens with one attached hydrogen (secondary N) is 1. The third kappa shape index (κ3) is 6.08. The minimum atomic E-state index is -0.568. The lowest BCUT2D eigenvalue weighted by Crippen LogP contribution is -2.54. The summed E-state index contributed by atoms with van der Waals surface area (Å²) in [6.07, 6.45) is 3.18. The van der Waals surface area contributed by atoms with Gasteiger partial charge in [0.1, 0.15) is 0 Å². The van der Waals surface area contributed by atoms with Gasteiger partial charge in [0.05, 0.1) is 5.41 Å². The van der Waals surface area contributed by atoms with Gasteiger partial charge in [-0.2, -0.15) is 0 Å². The molecule has 1 aliphatic rings. The van der Waals surface area contributed by atoms with E-state index < -0.39 is 5.41 Å². The zero-order valence-electron chi connectivity index (χ0n) is 17.4. The highest BCUT2D eigenvalue weighted by Crippen LogP contribution is 2.26. The molecule has 0 spiro atoms. The molecule has 0 saturated carbocycles. The number of nitrogens with zero attached hydrogens (tertiary/aromatic N) is 2. The number of unbranched alkanes of at least 4 members (excludes halogenated alkanes) is 2. The maximum Gasteiger partial charge on any atom is 0.232 e. The number of piperazine rings is 1. The van der Waals surface area contributed by atoms with Crippen LogP contribution in [0.3, 0.4) is 0 Å². The van der Waals surface area contributed by atoms with Crippen LogP contribution in [0.4, 0.5) is 0 Å². The van der Waals surface area contributed by atoms with Crippen molar-refractivity contribution in [3.05, 3.63) is 35.9 Å². The Balaban J connectivity index is 1.74. The first-order chi connectivity index (χ1) is 13.3. The van der Waals surface area contributed by atoms with Crippen molar-refractivity contribution < 1.29 is 14.4 Å². The predicted octanol–water partition coefficient (Wildman–Crippen LogP) is 2.33. The summed E-state index contributed by atoms with van der Waals surface area (Å²) in [5.74, 6) is 0.261. The Hall–Kier alpha value is -2.37. The van der Waals surface area contributed by atoms with Crippen LogP contribution >= 0.6 is 0 Å². The van der Waals surface area contributed by atoms with E-state index in [1.165, 1.54) is 6.92 Å². The zero-order chi connectivity index (χ0) is 20.6. The third-order valence-electron chi connectivity index (χ3n) is 5.39. The number of hydrogen-bond donors (Lipinski definition) is 1. The van der Waals surface area contributed by atoms with Gasteiger partial charge in [0, 0.05) is 46.1 Å². The second-order valence-corrected chi connectivity index (χ2v) is 7.96. The van der Waals surface area contributed by atoms with Gasteiger partial charge in [0.25, 0.3) is 0 Å². The summed E-state index contributed by atoms with van der Waals surface area (Å²) in [7, 11) is 0. The van der Waals surface area contributed by atoms with E-state index in [1.807, 2.05) is 54.0 Å². The summed E-state index contributed by atoms with van der Waals surface area (Å²) in [6.45, 7) is 8.47. The molecule has 0 atom stereocenters. The second kappa shape index (κ2) is 10.2. The van der Waals surface area contributed by atoms with Crippen molar-refractivity contribution in [2.75, 3.05) is 32.7 Å². The second-order valence-electron chi connectivity index (χ2n) is 7.96. The molecule has 3 amide bonds. The van der Waals surface area contributed by atoms with Crippen LogP contribution in [0.15, 0.2) is 30.3 Å². The number of carbonyl (C=O) groups excluding carboxylic acids is 3. The Morgan fingerprint density at radius 2 is 1.54 bits per heavy atom. The van der Waals surface area contributed by atoms with Crippen LogP contribution in [0.1, 0.15) is 52.0 Å². The van der Waals surface area contributed by atoms with Crippen LogP contribution in [-0.4, -0.2) is 60.2 Å². The molecule has 1 aliphatic heterocycles. The van der Waals surface area contributed by atoms with E-state index in [2.05, 4.69) is 5.32 Å². The minimum absolute atomic E-state index is 0.0149. The quantitative estimate of drug-likeness (QED) is 0.696. The molecule has 1 heterocycles. The lowest BCUT2D eigenvalue weighted by molar-refractivity contribution is -0.142. The van der Waals surface area contributed by atoms with Gasteiger partial charge in [0.15, 0.2) is 0 Å². The number of rotatable bonds is 8. The molecule has 0 radical (unpaired) electrons. The van der Waals surface area contributed by atoms with Gasteiger partial charge >= 0.3 is 0 Å². The highest BCUT2D eigenvalue weighted by molar-refractivity contribution is 5.87. The largest absolute Gasteiger partial charge is 0.356 e. The zero-order valence-corrected chi connectivity index (χ0v) is 17.4. The molecular weight excluding hydrogens is 354 g/mol. The summed E-state index contributed by atoms with van der Waals surface area (Å²) in [6, 6.07) is 9.84. The highest BCUT2D eigenvalue weighted by atomic mass is 16.2. The van der Waals surface area contributed by atoms with E-state index in [4.69, 9.17) is 0 Å². The van der Waals surface area contributed by atoms with Crippen LogP contribution in [0.5, 0.6) is 0 Å². The molecule has 1 saturated heterocycles. The summed E-state index contributed by atoms with van der Waals surface area (Å²) in [4.78, 5) is 40.0. The van der Waals surface area contributed by atoms with Crippen LogP contribution in [0.25, 0.3) is 0 Å². The lowest BCUT2D eigenvalue weighted by atomic mass is 9.83. The van der Waals surface area contributed by atoms with Crippen LogP contribution in [0, 0.1) is 0 Å². The molecule has 1 aromatic rings. The summed E-state index contributed by atoms with van der Waals surface area (Å²) in [5, 5.41) is 2.76. The Morgan fingerprint density at radius 1 is 0.929 bits per heavy atom. The third-order valence-corrected chi connectivity index (χ3v) is 5.39. The first kappa shape index (κ1) is 21.9. The SMILES string of the molecule is CC(=O)NCCCCCC(=O)N1CCN(C(=O)C(C)(C)c2ccccc2)CC1. The molecule has 154 valence electrons. The molecule has 1 aromatic carbocycles. The maximum atomic E-state index is 13.0. The smallest absolute Gasteiger partial charge is 0.232 e. The molecule has 28 heavy (non-hydrogen) atoms. The molecule has 0 unspecified atom stereocenters. The van der Waals surface area contributed by atoms with Gasteiger partial charge in [-0.3, -0.25) is 14.4 Å². The van der Waals surface area contributed by atoms with Crippen molar-refractivity contribution in [2.24, 2.45) is 0 Å². The van der Waals surface area contributed by atoms with Crippen LogP contribution < -0.4 is 5.32 Å². The van der Waals surface area contributed by atoms with E-state index in [-0.39, 0.29) is 17.7 Å². The standard InChI is InChI=1S/C22H33N3O3/c1-18(26)23-13-9-5-8-12-20(27)24-14-16-25(17-15-24)21(28)22(2,3)19-10-6-4-7-11-19/h4,6-7,10-11H,5,8-9,12-17H2,1-3H3,(H,23,26). The van der Waals surface area contributed by atoms with Crippen LogP contribution in [0.2, 0.25) is 0 Å². The van der Waals surface area contributed by atoms with E-state index in [0.717, 1.165) is 24.8 Å². The molecule has 6 heteroatoms. The van der Waals surface area contributed by atoms with Gasteiger partial charge in [-0.05, 0) is 32.3 Å². The van der Waals surface area contributed by atoms with Crippen molar-refractivity contribution in [1.82, 2.24) is 15.1 Å². The van der Waals surface area contributed by atoms with Crippen molar-refractivity contribution in [1.29, 1.82) is 0 Å². The molecule has 6 nitrogen and oxygen atoms in total. The fourth-order valence-electron chi connectivity index (χ4n) is 3.53. The fourth-order valence-corrected chi connectivity index (χ4v) is 3.53. The van der Waals surface area contributed by atoms with Crippen molar-refractivity contribution >= 4 is 17.7 Å². The van der Waals surface area contributed by atoms with E-state index in [0.29, 0.717) is 39.1 Å². The Morgan fingerprint density at radius 3 is 2.14 bits per heavy atom. The summed E-state index contributed by atoms with van der Waals surface area (Å²) < 4.78 is 0. The Kier molecular flexibility index (Phi) is 8.03. The molecule has 0 bridgehead atoms. The first-order valence-electron chi connectivity index (χ1n) is 10.2. The van der Waals surface area contributed by atoms with E-state index in [1.54, 1.807) is 0 Å². The van der Waals surface area contributed by atoms with Gasteiger partial charge in [-0.15, -0.1) is 0 Å². The van der Waals surface area contributed by atoms with Gasteiger partial charge in [-0.25, -0.2) is 0 Å². The predicted molar refractivity (Wildman–Crippen MR) is 110 cm³/mol. The van der Waals surface area contributed by atoms with Crippen molar-refractivity contribution in [3.8, 4) is 0 Å². The number of carbonyl (C=O) groups is 3. The van der Waals surface area contributed by atoms with Crippen LogP contribution in [-0.2, 0) is 19.8 Å². The topological polar surface area (TPSA) is 69.7 Å². The molecule has 0 aromatic heterocycles. The molecular formula is C22H33N3O3. The highest BCUT2D eigenvalue weighted by Gasteiger charge is 2.35. The van der Waals surface area contributed by atoms with Crippen molar-refractivity contribution in [2.45, 2.75) is 51.9 Å². The summed E-state index contributed by atoms with van der Waals surface area (Å²) >= 11 is 0. The Bertz CT molecular complexity index is 665. The maximum absolute atomic E-state index is 13.0.